The first-order valence-corrected chi connectivity index (χ1v) is 25.1. The maximum atomic E-state index is 13.5. The van der Waals surface area contributed by atoms with E-state index in [1.54, 1.807) is 6.92 Å². The quantitative estimate of drug-likeness (QED) is 0.0551. The summed E-state index contributed by atoms with van der Waals surface area (Å²) >= 11 is 0. The average Bonchev–Trinajstić information content (AvgIpc) is 3.32. The van der Waals surface area contributed by atoms with Crippen LogP contribution in [0.1, 0.15) is 108 Å². The van der Waals surface area contributed by atoms with Crippen molar-refractivity contribution in [2.24, 2.45) is 22.7 Å². The minimum absolute atomic E-state index is 0.0395. The Kier molecular flexibility index (Phi) is 22.4. The molecule has 402 valence electrons. The second kappa shape index (κ2) is 27.0. The molecule has 3 aliphatic carbocycles. The summed E-state index contributed by atoms with van der Waals surface area (Å²) in [4.78, 5) is 51.7. The minimum Gasteiger partial charge on any atom is -0.463 e. The molecule has 1 saturated carbocycles. The van der Waals surface area contributed by atoms with Gasteiger partial charge in [0.2, 0.25) is 0 Å². The smallest absolute Gasteiger partial charge is 0.307 e. The number of carbonyl (C=O) groups excluding carboxylic acids is 4. The van der Waals surface area contributed by atoms with Crippen molar-refractivity contribution in [3.8, 4) is 0 Å². The zero-order valence-corrected chi connectivity index (χ0v) is 44.4. The van der Waals surface area contributed by atoms with E-state index in [2.05, 4.69) is 32.1 Å². The first-order valence-electron chi connectivity index (χ1n) is 25.1. The normalized spacial score (nSPS) is 32.1. The molecule has 4 rings (SSSR count). The molecule has 1 aliphatic heterocycles. The largest absolute Gasteiger partial charge is 0.463 e. The number of carbonyl (C=O) groups is 4. The standard InChI is InChI=1S/C58H80O15/c1-33(18-14-20-35(3)22-24-41-38(6)48(62)37(5)29-57(41,8)9)16-12-13-17-34(2)19-15-21-36(4)23-25-42-39(7)49(63)44(30-58(42,10)11)71-47(61)27-26-46(60)70-32-45-55(53(67)54(68)56(69)73-45)72-43-28-40(31-59)50(64)52(66)51(43)65/h12-25,37,40,43-45,50-56,59,64-69H,26-32H2,1-11H3. The SMILES string of the molecule is CC(C=CC=C(C)C=CC1=C(C)C(=O)C(C)CC1(C)C)=CC=CC=C(C)C=CC=C(C)C=CC1=C(C)C(=O)C(OC(=O)CCC(=O)OCC2OC(O)C(O)C(O)C2OC2CC(CO)C(O)C(O)C2O)CC1(C)C. The van der Waals surface area contributed by atoms with Crippen molar-refractivity contribution in [3.05, 3.63) is 130 Å². The van der Waals surface area contributed by atoms with Gasteiger partial charge in [0.25, 0.3) is 0 Å². The van der Waals surface area contributed by atoms with Crippen molar-refractivity contribution in [3.63, 3.8) is 0 Å². The van der Waals surface area contributed by atoms with Crippen molar-refractivity contribution in [1.29, 1.82) is 0 Å². The topological polar surface area (TPSA) is 247 Å². The van der Waals surface area contributed by atoms with Gasteiger partial charge in [-0.1, -0.05) is 142 Å². The molecule has 0 bridgehead atoms. The number of ketones is 2. The Morgan fingerprint density at radius 1 is 0.644 bits per heavy atom. The Balaban J connectivity index is 1.25. The van der Waals surface area contributed by atoms with E-state index < -0.39 is 111 Å². The molecular formula is C58H80O15. The summed E-state index contributed by atoms with van der Waals surface area (Å²) in [5.74, 6) is -2.63. The fourth-order valence-corrected chi connectivity index (χ4v) is 9.78. The van der Waals surface area contributed by atoms with Gasteiger partial charge in [-0.25, -0.2) is 0 Å². The van der Waals surface area contributed by atoms with Gasteiger partial charge in [0.15, 0.2) is 24.0 Å². The molecule has 73 heavy (non-hydrogen) atoms. The number of hydrogen-bond acceptors (Lipinski definition) is 15. The van der Waals surface area contributed by atoms with Gasteiger partial charge >= 0.3 is 11.9 Å². The first-order chi connectivity index (χ1) is 34.2. The van der Waals surface area contributed by atoms with Gasteiger partial charge in [0.05, 0.1) is 25.0 Å². The average molecular weight is 1020 g/mol. The Bertz CT molecular complexity index is 2350. The Morgan fingerprint density at radius 2 is 1.14 bits per heavy atom. The fraction of sp³-hybridized carbons (Fsp3) is 0.552. The Labute approximate surface area is 431 Å². The minimum atomic E-state index is -1.90. The van der Waals surface area contributed by atoms with Gasteiger partial charge in [-0.2, -0.15) is 0 Å². The third kappa shape index (κ3) is 16.8. The monoisotopic (exact) mass is 1020 g/mol. The number of esters is 2. The fourth-order valence-electron chi connectivity index (χ4n) is 9.78. The van der Waals surface area contributed by atoms with Crippen LogP contribution in [0.5, 0.6) is 0 Å². The molecule has 15 nitrogen and oxygen atoms in total. The van der Waals surface area contributed by atoms with Crippen LogP contribution in [-0.2, 0) is 38.1 Å². The van der Waals surface area contributed by atoms with Crippen LogP contribution in [0.25, 0.3) is 0 Å². The molecular weight excluding hydrogens is 937 g/mol. The number of allylic oxidation sites excluding steroid dienone is 21. The lowest BCUT2D eigenvalue weighted by atomic mass is 9.68. The van der Waals surface area contributed by atoms with Crippen molar-refractivity contribution in [2.45, 2.75) is 169 Å². The predicted molar refractivity (Wildman–Crippen MR) is 277 cm³/mol. The third-order valence-corrected chi connectivity index (χ3v) is 14.1. The highest BCUT2D eigenvalue weighted by Crippen LogP contribution is 2.43. The van der Waals surface area contributed by atoms with Crippen molar-refractivity contribution in [1.82, 2.24) is 0 Å². The number of aliphatic hydroxyl groups excluding tert-OH is 7. The van der Waals surface area contributed by atoms with E-state index in [9.17, 15) is 54.9 Å². The summed E-state index contributed by atoms with van der Waals surface area (Å²) in [5, 5.41) is 71.7. The molecule has 12 unspecified atom stereocenters. The molecule has 1 heterocycles. The molecule has 0 aromatic rings. The zero-order valence-electron chi connectivity index (χ0n) is 44.4. The molecule has 7 N–H and O–H groups in total. The van der Waals surface area contributed by atoms with Crippen LogP contribution in [0.15, 0.2) is 130 Å². The van der Waals surface area contributed by atoms with Gasteiger partial charge in [0.1, 0.15) is 43.2 Å². The molecule has 12 atom stereocenters. The van der Waals surface area contributed by atoms with Gasteiger partial charge in [-0.05, 0) is 87.5 Å². The second-order valence-corrected chi connectivity index (χ2v) is 21.3. The number of Topliss-reactive ketones (excluding diaryl/α,β-unsaturated/α-hetero) is 2. The summed E-state index contributed by atoms with van der Waals surface area (Å²) in [6, 6.07) is 0. The molecule has 2 fully saturated rings. The highest BCUT2D eigenvalue weighted by molar-refractivity contribution is 6.02. The van der Waals surface area contributed by atoms with Crippen LogP contribution in [0, 0.1) is 22.7 Å². The number of aliphatic hydroxyl groups is 7. The van der Waals surface area contributed by atoms with E-state index in [4.69, 9.17) is 18.9 Å². The van der Waals surface area contributed by atoms with Crippen molar-refractivity contribution >= 4 is 23.5 Å². The lowest BCUT2D eigenvalue weighted by Crippen LogP contribution is -2.63. The maximum absolute atomic E-state index is 13.5. The number of rotatable bonds is 19. The molecule has 15 heteroatoms. The number of hydrogen-bond donors (Lipinski definition) is 7. The van der Waals surface area contributed by atoms with E-state index >= 15 is 0 Å². The van der Waals surface area contributed by atoms with E-state index in [0.29, 0.717) is 5.57 Å². The van der Waals surface area contributed by atoms with Crippen LogP contribution in [0.3, 0.4) is 0 Å². The van der Waals surface area contributed by atoms with E-state index in [0.717, 1.165) is 45.4 Å². The highest BCUT2D eigenvalue weighted by atomic mass is 16.7. The van der Waals surface area contributed by atoms with Crippen LogP contribution >= 0.6 is 0 Å². The molecule has 4 aliphatic rings. The van der Waals surface area contributed by atoms with E-state index in [-0.39, 0.29) is 35.7 Å². The van der Waals surface area contributed by atoms with Crippen LogP contribution in [0.4, 0.5) is 0 Å². The van der Waals surface area contributed by atoms with Crippen LogP contribution in [-0.4, -0.2) is 134 Å². The zero-order chi connectivity index (χ0) is 54.5. The third-order valence-electron chi connectivity index (χ3n) is 14.1. The Morgan fingerprint density at radius 3 is 1.68 bits per heavy atom. The molecule has 0 radical (unpaired) electrons. The van der Waals surface area contributed by atoms with E-state index in [1.807, 2.05) is 122 Å². The molecule has 0 spiro atoms. The molecule has 0 aromatic heterocycles. The van der Waals surface area contributed by atoms with Crippen LogP contribution < -0.4 is 0 Å². The Hall–Kier alpha value is -4.94. The van der Waals surface area contributed by atoms with Crippen molar-refractivity contribution < 1.29 is 73.9 Å². The summed E-state index contributed by atoms with van der Waals surface area (Å²) in [6.45, 7) is 20.8. The van der Waals surface area contributed by atoms with Crippen molar-refractivity contribution in [2.75, 3.05) is 13.2 Å². The highest BCUT2D eigenvalue weighted by Gasteiger charge is 2.50. The predicted octanol–water partition coefficient (Wildman–Crippen LogP) is 6.34. The van der Waals surface area contributed by atoms with Gasteiger partial charge in [0, 0.05) is 24.9 Å². The summed E-state index contributed by atoms with van der Waals surface area (Å²) in [7, 11) is 0. The maximum Gasteiger partial charge on any atom is 0.307 e. The summed E-state index contributed by atoms with van der Waals surface area (Å²) in [5.41, 5.74) is 6.83. The first kappa shape index (κ1) is 60.6. The van der Waals surface area contributed by atoms with Gasteiger partial charge in [-0.15, -0.1) is 0 Å². The second-order valence-electron chi connectivity index (χ2n) is 21.3. The molecule has 0 aromatic carbocycles. The number of ether oxygens (including phenoxy) is 4. The van der Waals surface area contributed by atoms with Crippen LogP contribution in [0.2, 0.25) is 0 Å². The van der Waals surface area contributed by atoms with Gasteiger partial charge < -0.3 is 54.7 Å². The summed E-state index contributed by atoms with van der Waals surface area (Å²) in [6.07, 6.45) is 12.6. The lowest BCUT2D eigenvalue weighted by molar-refractivity contribution is -0.310. The lowest BCUT2D eigenvalue weighted by Gasteiger charge is -2.45. The molecule has 0 amide bonds. The van der Waals surface area contributed by atoms with E-state index in [1.165, 1.54) is 0 Å². The molecule has 1 saturated heterocycles. The summed E-state index contributed by atoms with van der Waals surface area (Å²) < 4.78 is 22.0. The van der Waals surface area contributed by atoms with Gasteiger partial charge in [-0.3, -0.25) is 19.2 Å².